The summed E-state index contributed by atoms with van der Waals surface area (Å²) in [6.07, 6.45) is -2.86. The normalized spacial score (nSPS) is 13.2. The summed E-state index contributed by atoms with van der Waals surface area (Å²) in [4.78, 5) is 48.0. The van der Waals surface area contributed by atoms with Gasteiger partial charge in [0.05, 0.1) is 5.69 Å². The van der Waals surface area contributed by atoms with Crippen LogP contribution in [-0.4, -0.2) is 73.2 Å². The number of nitrogens with two attached hydrogens (primary N) is 1. The van der Waals surface area contributed by atoms with Crippen LogP contribution in [0.5, 0.6) is 0 Å². The van der Waals surface area contributed by atoms with Gasteiger partial charge in [0.2, 0.25) is 5.91 Å². The second-order valence-electron chi connectivity index (χ2n) is 9.35. The van der Waals surface area contributed by atoms with Gasteiger partial charge in [-0.05, 0) is 29.8 Å². The number of carboxylic acids is 2. The first kappa shape index (κ1) is 32.2. The van der Waals surface area contributed by atoms with Gasteiger partial charge in [-0.15, -0.1) is 0 Å². The van der Waals surface area contributed by atoms with Crippen molar-refractivity contribution in [3.8, 4) is 0 Å². The van der Waals surface area contributed by atoms with Gasteiger partial charge in [0.15, 0.2) is 0 Å². The Morgan fingerprint density at radius 2 is 1.60 bits per heavy atom. The number of fused-ring (bicyclic) bond motifs is 1. The molecule has 228 valence electrons. The van der Waals surface area contributed by atoms with E-state index in [1.165, 1.54) is 28.9 Å². The first-order valence-electron chi connectivity index (χ1n) is 12.5. The van der Waals surface area contributed by atoms with Crippen molar-refractivity contribution < 1.29 is 47.0 Å². The van der Waals surface area contributed by atoms with Gasteiger partial charge >= 0.3 is 18.1 Å². The number of rotatable bonds is 8. The molecular formula is C27H26F4N6O6. The summed E-state index contributed by atoms with van der Waals surface area (Å²) in [6, 6.07) is 10.9. The Labute approximate surface area is 241 Å². The second kappa shape index (κ2) is 13.6. The van der Waals surface area contributed by atoms with Crippen LogP contribution in [0.2, 0.25) is 0 Å². The number of alkyl halides is 3. The number of carbonyl (C=O) groups is 4. The highest BCUT2D eigenvalue weighted by Crippen LogP contribution is 2.20. The number of halogens is 4. The van der Waals surface area contributed by atoms with Crippen molar-refractivity contribution in [3.05, 3.63) is 88.5 Å². The minimum Gasteiger partial charge on any atom is -0.480 e. The summed E-state index contributed by atoms with van der Waals surface area (Å²) in [5, 5.41) is 30.7. The molecule has 12 nitrogen and oxygen atoms in total. The number of nitrogens with zero attached hydrogens (tertiary/aromatic N) is 3. The minimum atomic E-state index is -5.08. The predicted molar refractivity (Wildman–Crippen MR) is 141 cm³/mol. The molecular weight excluding hydrogens is 580 g/mol. The van der Waals surface area contributed by atoms with Crippen LogP contribution in [-0.2, 0) is 40.3 Å². The van der Waals surface area contributed by atoms with E-state index in [4.69, 9.17) is 26.2 Å². The third-order valence-electron chi connectivity index (χ3n) is 6.17. The van der Waals surface area contributed by atoms with E-state index < -0.39 is 35.9 Å². The van der Waals surface area contributed by atoms with Crippen molar-refractivity contribution in [2.24, 2.45) is 5.73 Å². The highest BCUT2D eigenvalue weighted by Gasteiger charge is 2.38. The van der Waals surface area contributed by atoms with Gasteiger partial charge in [-0.25, -0.2) is 9.18 Å². The second-order valence-corrected chi connectivity index (χ2v) is 9.35. The van der Waals surface area contributed by atoms with Crippen LogP contribution in [0.1, 0.15) is 32.7 Å². The van der Waals surface area contributed by atoms with Crippen molar-refractivity contribution in [3.63, 3.8) is 0 Å². The molecule has 0 aliphatic carbocycles. The minimum absolute atomic E-state index is 0.123. The molecule has 0 fully saturated rings. The molecule has 2 aromatic carbocycles. The maximum absolute atomic E-state index is 13.5. The van der Waals surface area contributed by atoms with Gasteiger partial charge in [0, 0.05) is 48.8 Å². The highest BCUT2D eigenvalue weighted by molar-refractivity contribution is 5.99. The molecule has 1 atom stereocenters. The molecule has 3 aromatic rings. The Balaban J connectivity index is 0.000000646. The number of nitrogens with one attached hydrogen (secondary N) is 2. The lowest BCUT2D eigenvalue weighted by molar-refractivity contribution is -0.192. The van der Waals surface area contributed by atoms with E-state index in [1.54, 1.807) is 35.4 Å². The zero-order valence-corrected chi connectivity index (χ0v) is 22.3. The van der Waals surface area contributed by atoms with Crippen LogP contribution in [0.4, 0.5) is 17.6 Å². The SMILES string of the molecule is N=C(N)c1ccc(C(=O)N[C@@H](Cc2ccc(F)cc2)C(=O)N2CCc3nn(CC(=O)O)cc3C2)cc1.O=C(O)C(F)(F)F. The van der Waals surface area contributed by atoms with Crippen LogP contribution < -0.4 is 11.1 Å². The molecule has 1 aliphatic heterocycles. The average molecular weight is 607 g/mol. The monoisotopic (exact) mass is 606 g/mol. The number of hydrogen-bond donors (Lipinski definition) is 5. The molecule has 0 radical (unpaired) electrons. The van der Waals surface area contributed by atoms with Crippen LogP contribution in [0.3, 0.4) is 0 Å². The van der Waals surface area contributed by atoms with Crippen LogP contribution in [0.25, 0.3) is 0 Å². The standard InChI is InChI=1S/C25H25FN6O4.C2HF3O2/c26-19-7-1-15(2-8-19)11-21(29-24(35)17-5-3-16(4-6-17)23(27)28)25(36)31-10-9-20-18(12-31)13-32(30-20)14-22(33)34;3-2(4,5)1(6)7/h1-8,13,21H,9-12,14H2,(H3,27,28)(H,29,35)(H,33,34);(H,6,7)/t21-;/m0./s1. The van der Waals surface area contributed by atoms with Crippen LogP contribution >= 0.6 is 0 Å². The molecule has 2 amide bonds. The molecule has 1 aromatic heterocycles. The Morgan fingerprint density at radius 3 is 2.14 bits per heavy atom. The lowest BCUT2D eigenvalue weighted by atomic mass is 10.0. The molecule has 0 spiro atoms. The van der Waals surface area contributed by atoms with E-state index in [-0.39, 0.29) is 31.3 Å². The molecule has 16 heteroatoms. The molecule has 6 N–H and O–H groups in total. The molecule has 0 unspecified atom stereocenters. The number of benzene rings is 2. The summed E-state index contributed by atoms with van der Waals surface area (Å²) in [6.45, 7) is 0.322. The summed E-state index contributed by atoms with van der Waals surface area (Å²) < 4.78 is 46.5. The Morgan fingerprint density at radius 1 is 1.02 bits per heavy atom. The number of aliphatic carboxylic acids is 2. The van der Waals surface area contributed by atoms with Gasteiger partial charge in [0.25, 0.3) is 5.91 Å². The topological polar surface area (TPSA) is 192 Å². The lowest BCUT2D eigenvalue weighted by Crippen LogP contribution is -2.50. The smallest absolute Gasteiger partial charge is 0.480 e. The Hall–Kier alpha value is -5.28. The third-order valence-corrected chi connectivity index (χ3v) is 6.17. The Kier molecular flexibility index (Phi) is 10.2. The number of hydrogen-bond acceptors (Lipinski definition) is 6. The van der Waals surface area contributed by atoms with E-state index in [1.807, 2.05) is 0 Å². The molecule has 1 aliphatic rings. The quantitative estimate of drug-likeness (QED) is 0.146. The van der Waals surface area contributed by atoms with Gasteiger partial charge < -0.3 is 26.2 Å². The fraction of sp³-hybridized carbons (Fsp3) is 0.259. The zero-order valence-electron chi connectivity index (χ0n) is 22.3. The molecule has 4 rings (SSSR count). The summed E-state index contributed by atoms with van der Waals surface area (Å²) in [7, 11) is 0. The number of nitrogen functional groups attached to an aromatic ring is 1. The van der Waals surface area contributed by atoms with Crippen molar-refractivity contribution in [2.45, 2.75) is 38.1 Å². The highest BCUT2D eigenvalue weighted by atomic mass is 19.4. The van der Waals surface area contributed by atoms with Crippen molar-refractivity contribution in [2.75, 3.05) is 6.54 Å². The van der Waals surface area contributed by atoms with Gasteiger partial charge in [-0.1, -0.05) is 24.3 Å². The largest absolute Gasteiger partial charge is 0.490 e. The first-order valence-corrected chi connectivity index (χ1v) is 12.5. The predicted octanol–water partition coefficient (Wildman–Crippen LogP) is 1.95. The number of aromatic nitrogens is 2. The first-order chi connectivity index (χ1) is 20.1. The maximum Gasteiger partial charge on any atom is 0.490 e. The van der Waals surface area contributed by atoms with Crippen molar-refractivity contribution in [1.29, 1.82) is 5.41 Å². The van der Waals surface area contributed by atoms with E-state index in [0.29, 0.717) is 29.7 Å². The van der Waals surface area contributed by atoms with E-state index in [2.05, 4.69) is 10.4 Å². The third kappa shape index (κ3) is 9.11. The van der Waals surface area contributed by atoms with Crippen LogP contribution in [0.15, 0.2) is 54.7 Å². The average Bonchev–Trinajstić information content (AvgIpc) is 3.34. The summed E-state index contributed by atoms with van der Waals surface area (Å²) in [5.74, 6) is -5.09. The molecule has 0 saturated heterocycles. The fourth-order valence-electron chi connectivity index (χ4n) is 4.10. The van der Waals surface area contributed by atoms with Crippen LogP contribution in [0, 0.1) is 11.2 Å². The molecule has 0 bridgehead atoms. The van der Waals surface area contributed by atoms with Crippen molar-refractivity contribution in [1.82, 2.24) is 20.0 Å². The van der Waals surface area contributed by atoms with Crippen molar-refractivity contribution >= 4 is 29.6 Å². The van der Waals surface area contributed by atoms with E-state index in [9.17, 15) is 31.9 Å². The summed E-state index contributed by atoms with van der Waals surface area (Å²) >= 11 is 0. The number of amides is 2. The fourth-order valence-corrected chi connectivity index (χ4v) is 4.10. The zero-order chi connectivity index (χ0) is 31.9. The number of carboxylic acid groups (broad SMARTS) is 2. The van der Waals surface area contributed by atoms with E-state index >= 15 is 0 Å². The van der Waals surface area contributed by atoms with Gasteiger partial charge in [-0.2, -0.15) is 18.3 Å². The summed E-state index contributed by atoms with van der Waals surface area (Å²) in [5.41, 5.74) is 8.41. The lowest BCUT2D eigenvalue weighted by Gasteiger charge is -2.30. The maximum atomic E-state index is 13.5. The Bertz CT molecular complexity index is 1510. The molecule has 0 saturated carbocycles. The molecule has 2 heterocycles. The van der Waals surface area contributed by atoms with Gasteiger partial charge in [0.1, 0.15) is 24.2 Å². The van der Waals surface area contributed by atoms with E-state index in [0.717, 1.165) is 11.3 Å². The molecule has 43 heavy (non-hydrogen) atoms. The van der Waals surface area contributed by atoms with Gasteiger partial charge in [-0.3, -0.25) is 24.5 Å². The number of amidine groups is 1. The number of carbonyl (C=O) groups excluding carboxylic acids is 2.